The number of aryl methyl sites for hydroxylation is 2. The molecule has 4 rings (SSSR count). The highest BCUT2D eigenvalue weighted by atomic mass is 19.4. The van der Waals surface area contributed by atoms with E-state index in [-0.39, 0.29) is 11.6 Å². The number of carbonyl (C=O) groups is 2. The highest BCUT2D eigenvalue weighted by Gasteiger charge is 2.37. The third-order valence-electron chi connectivity index (χ3n) is 5.39. The van der Waals surface area contributed by atoms with Crippen LogP contribution in [0.4, 0.5) is 18.0 Å². The Kier molecular flexibility index (Phi) is 7.48. The summed E-state index contributed by atoms with van der Waals surface area (Å²) in [4.78, 5) is 44.1. The molecule has 196 valence electrons. The van der Waals surface area contributed by atoms with E-state index >= 15 is 0 Å². The monoisotopic (exact) mass is 525 g/mol. The van der Waals surface area contributed by atoms with Crippen molar-refractivity contribution in [2.75, 3.05) is 0 Å². The number of aromatic nitrogens is 2. The molecule has 1 aliphatic heterocycles. The second kappa shape index (κ2) is 10.8. The number of rotatable bonds is 4. The largest absolute Gasteiger partial charge is 0.418 e. The van der Waals surface area contributed by atoms with Crippen molar-refractivity contribution in [3.8, 4) is 11.1 Å². The van der Waals surface area contributed by atoms with E-state index in [4.69, 9.17) is 4.84 Å². The number of alkyl halides is 3. The van der Waals surface area contributed by atoms with Gasteiger partial charge in [-0.1, -0.05) is 29.9 Å². The van der Waals surface area contributed by atoms with Crippen LogP contribution < -0.4 is 10.9 Å². The number of hydrogen-bond acceptors (Lipinski definition) is 7. The Hall–Kier alpha value is -4.65. The molecule has 2 aliphatic rings. The Morgan fingerprint density at radius 1 is 1.08 bits per heavy atom. The summed E-state index contributed by atoms with van der Waals surface area (Å²) in [7, 11) is 0. The van der Waals surface area contributed by atoms with Crippen LogP contribution >= 0.6 is 0 Å². The summed E-state index contributed by atoms with van der Waals surface area (Å²) >= 11 is 0. The fraction of sp³-hybridized carbons (Fsp3) is 0.200. The number of aliphatic imine (C=N–C) groups is 2. The van der Waals surface area contributed by atoms with Gasteiger partial charge in [-0.25, -0.2) is 19.8 Å². The molecule has 2 heterocycles. The van der Waals surface area contributed by atoms with Crippen LogP contribution in [0.2, 0.25) is 0 Å². The first kappa shape index (κ1) is 26.4. The van der Waals surface area contributed by atoms with Crippen LogP contribution in [0.15, 0.2) is 76.5 Å². The molecule has 1 aliphatic carbocycles. The van der Waals surface area contributed by atoms with Gasteiger partial charge < -0.3 is 4.84 Å². The zero-order valence-corrected chi connectivity index (χ0v) is 20.5. The zero-order valence-electron chi connectivity index (χ0n) is 20.5. The van der Waals surface area contributed by atoms with Crippen LogP contribution in [0.25, 0.3) is 11.1 Å². The number of amides is 3. The first-order chi connectivity index (χ1) is 18.0. The average molecular weight is 525 g/mol. The van der Waals surface area contributed by atoms with Crippen molar-refractivity contribution in [2.45, 2.75) is 33.5 Å². The average Bonchev–Trinajstić information content (AvgIpc) is 3.26. The van der Waals surface area contributed by atoms with E-state index in [2.05, 4.69) is 30.9 Å². The van der Waals surface area contributed by atoms with Crippen LogP contribution in [0.1, 0.15) is 23.9 Å². The minimum absolute atomic E-state index is 0.00213. The molecule has 1 aromatic heterocycles. The number of allylic oxidation sites excluding steroid dienone is 4. The number of halogens is 3. The van der Waals surface area contributed by atoms with E-state index in [1.165, 1.54) is 12.5 Å². The van der Waals surface area contributed by atoms with Gasteiger partial charge in [0.2, 0.25) is 11.8 Å². The Morgan fingerprint density at radius 3 is 2.39 bits per heavy atom. The number of nitrogens with zero attached hydrogens (tertiary/aromatic N) is 5. The van der Waals surface area contributed by atoms with Crippen LogP contribution in [-0.2, 0) is 16.2 Å². The van der Waals surface area contributed by atoms with E-state index in [1.54, 1.807) is 5.01 Å². The molecule has 13 heteroatoms. The molecule has 2 aromatic rings. The second-order valence-corrected chi connectivity index (χ2v) is 8.30. The Morgan fingerprint density at radius 2 is 1.76 bits per heavy atom. The summed E-state index contributed by atoms with van der Waals surface area (Å²) in [6.07, 6.45) is 0.978. The molecular formula is C25H22F3N7O3. The topological polar surface area (TPSA) is 121 Å². The third-order valence-corrected chi connectivity index (χ3v) is 5.39. The maximum Gasteiger partial charge on any atom is 0.418 e. The van der Waals surface area contributed by atoms with Crippen molar-refractivity contribution < 1.29 is 27.6 Å². The first-order valence-corrected chi connectivity index (χ1v) is 11.2. The van der Waals surface area contributed by atoms with E-state index in [1.807, 2.05) is 38.1 Å². The first-order valence-electron chi connectivity index (χ1n) is 11.2. The number of nitrogens with one attached hydrogen (secondary N) is 2. The molecule has 0 fully saturated rings. The Balaban J connectivity index is 1.40. The summed E-state index contributed by atoms with van der Waals surface area (Å²) in [5, 5.41) is 3.91. The fourth-order valence-corrected chi connectivity index (χ4v) is 3.76. The molecule has 1 aromatic carbocycles. The van der Waals surface area contributed by atoms with E-state index in [0.29, 0.717) is 12.6 Å². The molecule has 0 unspecified atom stereocenters. The van der Waals surface area contributed by atoms with Crippen molar-refractivity contribution in [1.82, 2.24) is 25.9 Å². The molecule has 3 amide bonds. The van der Waals surface area contributed by atoms with Crippen LogP contribution in [0, 0.1) is 13.8 Å². The molecule has 10 nitrogen and oxygen atoms in total. The van der Waals surface area contributed by atoms with Crippen molar-refractivity contribution >= 4 is 23.4 Å². The van der Waals surface area contributed by atoms with Crippen molar-refractivity contribution in [3.05, 3.63) is 83.4 Å². The minimum Gasteiger partial charge on any atom is -0.369 e. The molecular weight excluding hydrogens is 503 g/mol. The second-order valence-electron chi connectivity index (χ2n) is 8.30. The molecule has 38 heavy (non-hydrogen) atoms. The van der Waals surface area contributed by atoms with Crippen LogP contribution in [0.5, 0.6) is 0 Å². The number of carbonyl (C=O) groups excluding carboxylic acids is 2. The Labute approximate surface area is 215 Å². The lowest BCUT2D eigenvalue weighted by Crippen LogP contribution is -2.28. The maximum absolute atomic E-state index is 13.3. The third kappa shape index (κ3) is 6.37. The van der Waals surface area contributed by atoms with Crippen molar-refractivity contribution in [2.24, 2.45) is 9.98 Å². The zero-order chi connectivity index (χ0) is 27.4. The number of hydrogen-bond donors (Lipinski definition) is 2. The standard InChI is InChI=1S/C25H22F3N7O3/c1-14-23(15(2)30-13-29-14)18-6-4-17(5-7-18)11-35-12-22(38-34-35)33-24(37)32-19-8-9-21(31-16(3)36)20(10-19)25(26,27)28/h4-10,12-13,34H,11H2,1-3H3,(H,33,37). The van der Waals surface area contributed by atoms with Crippen LogP contribution in [-0.4, -0.2) is 44.5 Å². The lowest BCUT2D eigenvalue weighted by atomic mass is 10.0. The van der Waals surface area contributed by atoms with Gasteiger partial charge in [0.05, 0.1) is 29.7 Å². The minimum atomic E-state index is -4.79. The number of hydrazine groups is 1. The molecule has 0 spiro atoms. The molecule has 0 radical (unpaired) electrons. The van der Waals surface area contributed by atoms with E-state index in [9.17, 15) is 22.8 Å². The van der Waals surface area contributed by atoms with Gasteiger partial charge >= 0.3 is 12.2 Å². The van der Waals surface area contributed by atoms with Crippen LogP contribution in [0.3, 0.4) is 0 Å². The van der Waals surface area contributed by atoms with E-state index < -0.39 is 29.4 Å². The summed E-state index contributed by atoms with van der Waals surface area (Å²) < 4.78 is 40.0. The molecule has 0 atom stereocenters. The quantitative estimate of drug-likeness (QED) is 0.579. The lowest BCUT2D eigenvalue weighted by molar-refractivity contribution is -0.115. The number of urea groups is 1. The van der Waals surface area contributed by atoms with Crippen molar-refractivity contribution in [3.63, 3.8) is 0 Å². The number of benzene rings is 1. The van der Waals surface area contributed by atoms with Gasteiger partial charge in [0.25, 0.3) is 0 Å². The summed E-state index contributed by atoms with van der Waals surface area (Å²) in [5.41, 5.74) is 5.26. The predicted octanol–water partition coefficient (Wildman–Crippen LogP) is 4.01. The normalized spacial score (nSPS) is 17.4. The smallest absolute Gasteiger partial charge is 0.369 e. The van der Waals surface area contributed by atoms with E-state index in [0.717, 1.165) is 47.2 Å². The predicted molar refractivity (Wildman–Crippen MR) is 132 cm³/mol. The summed E-state index contributed by atoms with van der Waals surface area (Å²) in [6, 6.07) is 6.83. The Bertz CT molecular complexity index is 1400. The molecule has 2 N–H and O–H groups in total. The van der Waals surface area contributed by atoms with Gasteiger partial charge in [-0.15, -0.1) is 0 Å². The molecule has 0 saturated heterocycles. The van der Waals surface area contributed by atoms with Gasteiger partial charge in [0.15, 0.2) is 0 Å². The van der Waals surface area contributed by atoms with Gasteiger partial charge in [-0.2, -0.15) is 18.2 Å². The van der Waals surface area contributed by atoms with Gasteiger partial charge in [0.1, 0.15) is 6.33 Å². The maximum atomic E-state index is 13.3. The summed E-state index contributed by atoms with van der Waals surface area (Å²) in [5.74, 6) is -0.783. The molecule has 0 bridgehead atoms. The highest BCUT2D eigenvalue weighted by Crippen LogP contribution is 2.29. The van der Waals surface area contributed by atoms with Gasteiger partial charge in [-0.05, 0) is 43.2 Å². The van der Waals surface area contributed by atoms with Gasteiger partial charge in [-0.3, -0.25) is 15.1 Å². The van der Waals surface area contributed by atoms with Gasteiger partial charge in [0, 0.05) is 23.9 Å². The lowest BCUT2D eigenvalue weighted by Gasteiger charge is -2.15. The highest BCUT2D eigenvalue weighted by molar-refractivity contribution is 6.24. The summed E-state index contributed by atoms with van der Waals surface area (Å²) in [6.45, 7) is 5.27. The SMILES string of the molecule is CC(=O)N=C1C=CC(=NC(=O)NC2=CN(Cc3ccc(-c4c(C)ncnc4C)cc3)NO2)C=C1C(F)(F)F. The molecule has 0 saturated carbocycles. The fourth-order valence-electron chi connectivity index (χ4n) is 3.76. The van der Waals surface area contributed by atoms with Crippen molar-refractivity contribution in [1.29, 1.82) is 0 Å².